The van der Waals surface area contributed by atoms with Crippen LogP contribution in [0.2, 0.25) is 0 Å². The molecule has 0 bridgehead atoms. The molecule has 0 radical (unpaired) electrons. The molecule has 0 aromatic carbocycles. The minimum atomic E-state index is -0.192. The van der Waals surface area contributed by atoms with E-state index in [0.717, 1.165) is 0 Å². The number of nitriles is 1. The van der Waals surface area contributed by atoms with Gasteiger partial charge in [-0.15, -0.1) is 0 Å². The monoisotopic (exact) mass is 232 g/mol. The largest absolute Gasteiger partial charge is 0.384 e. The molecular formula is C12H16N4O. The smallest absolute Gasteiger partial charge is 0.272 e. The predicted molar refractivity (Wildman–Crippen MR) is 65.1 cm³/mol. The van der Waals surface area contributed by atoms with E-state index in [1.165, 1.54) is 0 Å². The van der Waals surface area contributed by atoms with E-state index in [2.05, 4.69) is 4.98 Å². The van der Waals surface area contributed by atoms with Crippen molar-refractivity contribution in [2.45, 2.75) is 26.3 Å². The lowest BCUT2D eigenvalue weighted by atomic mass is 10.2. The molecule has 2 N–H and O–H groups in total. The number of anilines is 1. The van der Waals surface area contributed by atoms with Crippen LogP contribution in [0.25, 0.3) is 0 Å². The Bertz CT molecular complexity index is 436. The number of carbonyl (C=O) groups is 1. The number of pyridine rings is 1. The van der Waals surface area contributed by atoms with E-state index in [1.807, 2.05) is 19.9 Å². The van der Waals surface area contributed by atoms with Crippen molar-refractivity contribution in [2.24, 2.45) is 0 Å². The van der Waals surface area contributed by atoms with Crippen LogP contribution in [0.3, 0.4) is 0 Å². The molecule has 1 amide bonds. The van der Waals surface area contributed by atoms with Gasteiger partial charge in [0.15, 0.2) is 0 Å². The summed E-state index contributed by atoms with van der Waals surface area (Å²) in [5.41, 5.74) is 5.85. The number of amides is 1. The molecule has 0 aliphatic carbocycles. The Morgan fingerprint density at radius 1 is 1.59 bits per heavy atom. The van der Waals surface area contributed by atoms with Gasteiger partial charge in [-0.05, 0) is 26.0 Å². The van der Waals surface area contributed by atoms with Gasteiger partial charge in [0.05, 0.1) is 12.5 Å². The average Bonchev–Trinajstić information content (AvgIpc) is 2.29. The third-order valence-electron chi connectivity index (χ3n) is 2.34. The lowest BCUT2D eigenvalue weighted by Crippen LogP contribution is -2.38. The van der Waals surface area contributed by atoms with Gasteiger partial charge in [-0.2, -0.15) is 5.26 Å². The number of nitrogens with two attached hydrogens (primary N) is 1. The minimum absolute atomic E-state index is 0.0269. The highest BCUT2D eigenvalue weighted by Crippen LogP contribution is 2.08. The van der Waals surface area contributed by atoms with Crippen molar-refractivity contribution in [3.05, 3.63) is 23.9 Å². The summed E-state index contributed by atoms with van der Waals surface area (Å²) in [5.74, 6) is 0.127. The highest BCUT2D eigenvalue weighted by Gasteiger charge is 2.19. The highest BCUT2D eigenvalue weighted by atomic mass is 16.2. The normalized spacial score (nSPS) is 10.0. The summed E-state index contributed by atoms with van der Waals surface area (Å²) in [5, 5.41) is 8.57. The highest BCUT2D eigenvalue weighted by molar-refractivity contribution is 5.92. The number of hydrogen-bond donors (Lipinski definition) is 1. The third kappa shape index (κ3) is 3.45. The summed E-state index contributed by atoms with van der Waals surface area (Å²) < 4.78 is 0. The number of nitrogen functional groups attached to an aromatic ring is 1. The summed E-state index contributed by atoms with van der Waals surface area (Å²) in [6.45, 7) is 4.21. The molecule has 0 saturated carbocycles. The lowest BCUT2D eigenvalue weighted by molar-refractivity contribution is 0.0704. The van der Waals surface area contributed by atoms with Gasteiger partial charge in [0, 0.05) is 12.6 Å². The lowest BCUT2D eigenvalue weighted by Gasteiger charge is -2.25. The fourth-order valence-electron chi connectivity index (χ4n) is 1.48. The van der Waals surface area contributed by atoms with Crippen molar-refractivity contribution in [1.82, 2.24) is 9.88 Å². The first kappa shape index (κ1) is 13.0. The molecule has 1 heterocycles. The Morgan fingerprint density at radius 2 is 2.29 bits per heavy atom. The predicted octanol–water partition coefficient (Wildman–Crippen LogP) is 1.43. The molecule has 90 valence electrons. The topological polar surface area (TPSA) is 83.0 Å². The summed E-state index contributed by atoms with van der Waals surface area (Å²) >= 11 is 0. The molecule has 1 aromatic rings. The Kier molecular flexibility index (Phi) is 4.46. The van der Waals surface area contributed by atoms with Crippen molar-refractivity contribution >= 4 is 11.7 Å². The van der Waals surface area contributed by atoms with Crippen LogP contribution in [-0.4, -0.2) is 28.4 Å². The fraction of sp³-hybridized carbons (Fsp3) is 0.417. The molecule has 1 aromatic heterocycles. The third-order valence-corrected chi connectivity index (χ3v) is 2.34. The van der Waals surface area contributed by atoms with Gasteiger partial charge >= 0.3 is 0 Å². The van der Waals surface area contributed by atoms with E-state index in [0.29, 0.717) is 24.5 Å². The Balaban J connectivity index is 2.88. The van der Waals surface area contributed by atoms with E-state index in [-0.39, 0.29) is 11.9 Å². The summed E-state index contributed by atoms with van der Waals surface area (Å²) in [4.78, 5) is 17.7. The molecule has 0 aliphatic heterocycles. The fourth-order valence-corrected chi connectivity index (χ4v) is 1.48. The van der Waals surface area contributed by atoms with Crippen molar-refractivity contribution < 1.29 is 4.79 Å². The first-order valence-corrected chi connectivity index (χ1v) is 5.46. The van der Waals surface area contributed by atoms with Crippen LogP contribution < -0.4 is 5.73 Å². The first-order valence-electron chi connectivity index (χ1n) is 5.46. The van der Waals surface area contributed by atoms with Crippen molar-refractivity contribution in [2.75, 3.05) is 12.3 Å². The number of rotatable bonds is 4. The van der Waals surface area contributed by atoms with Crippen LogP contribution in [-0.2, 0) is 0 Å². The van der Waals surface area contributed by atoms with E-state index in [9.17, 15) is 4.79 Å². The molecule has 1 rings (SSSR count). The molecule has 0 atom stereocenters. The Morgan fingerprint density at radius 3 is 2.82 bits per heavy atom. The van der Waals surface area contributed by atoms with Gasteiger partial charge < -0.3 is 10.6 Å². The quantitative estimate of drug-likeness (QED) is 0.851. The maximum absolute atomic E-state index is 12.1. The zero-order chi connectivity index (χ0) is 12.8. The van der Waals surface area contributed by atoms with E-state index in [4.69, 9.17) is 11.0 Å². The average molecular weight is 232 g/mol. The van der Waals surface area contributed by atoms with Gasteiger partial charge in [-0.1, -0.05) is 6.07 Å². The standard InChI is InChI=1S/C12H16N4O/c1-9(2)16(8-4-7-13)12(17)10-5-3-6-11(14)15-10/h3,5-6,9H,4,8H2,1-2H3,(H2,14,15). The molecule has 0 saturated heterocycles. The van der Waals surface area contributed by atoms with Crippen molar-refractivity contribution in [3.8, 4) is 6.07 Å². The van der Waals surface area contributed by atoms with E-state index >= 15 is 0 Å². The van der Waals surface area contributed by atoms with Crippen LogP contribution in [0, 0.1) is 11.3 Å². The van der Waals surface area contributed by atoms with Gasteiger partial charge in [-0.3, -0.25) is 4.79 Å². The van der Waals surface area contributed by atoms with Crippen LogP contribution in [0.15, 0.2) is 18.2 Å². The summed E-state index contributed by atoms with van der Waals surface area (Å²) in [7, 11) is 0. The Labute approximate surface area is 101 Å². The van der Waals surface area contributed by atoms with Crippen molar-refractivity contribution in [3.63, 3.8) is 0 Å². The molecule has 0 fully saturated rings. The molecule has 5 heteroatoms. The summed E-state index contributed by atoms with van der Waals surface area (Å²) in [6, 6.07) is 7.01. The van der Waals surface area contributed by atoms with Gasteiger partial charge in [-0.25, -0.2) is 4.98 Å². The molecule has 0 aliphatic rings. The van der Waals surface area contributed by atoms with E-state index < -0.39 is 0 Å². The summed E-state index contributed by atoms with van der Waals surface area (Å²) in [6.07, 6.45) is 0.312. The van der Waals surface area contributed by atoms with Crippen molar-refractivity contribution in [1.29, 1.82) is 5.26 Å². The molecule has 17 heavy (non-hydrogen) atoms. The maximum atomic E-state index is 12.1. The number of carbonyl (C=O) groups excluding carboxylic acids is 1. The zero-order valence-electron chi connectivity index (χ0n) is 10.1. The van der Waals surface area contributed by atoms with Gasteiger partial charge in [0.1, 0.15) is 11.5 Å². The van der Waals surface area contributed by atoms with Crippen LogP contribution in [0.5, 0.6) is 0 Å². The van der Waals surface area contributed by atoms with Gasteiger partial charge in [0.25, 0.3) is 5.91 Å². The van der Waals surface area contributed by atoms with Crippen LogP contribution >= 0.6 is 0 Å². The molecule has 0 spiro atoms. The minimum Gasteiger partial charge on any atom is -0.384 e. The van der Waals surface area contributed by atoms with E-state index in [1.54, 1.807) is 23.1 Å². The number of aromatic nitrogens is 1. The Hall–Kier alpha value is -2.09. The molecular weight excluding hydrogens is 216 g/mol. The van der Waals surface area contributed by atoms with Crippen LogP contribution in [0.1, 0.15) is 30.8 Å². The molecule has 5 nitrogen and oxygen atoms in total. The number of hydrogen-bond acceptors (Lipinski definition) is 4. The second kappa shape index (κ2) is 5.85. The number of nitrogens with zero attached hydrogens (tertiary/aromatic N) is 3. The maximum Gasteiger partial charge on any atom is 0.272 e. The SMILES string of the molecule is CC(C)N(CCC#N)C(=O)c1cccc(N)n1. The second-order valence-electron chi connectivity index (χ2n) is 3.95. The first-order chi connectivity index (χ1) is 8.06. The zero-order valence-corrected chi connectivity index (χ0v) is 10.1. The molecule has 0 unspecified atom stereocenters. The second-order valence-corrected chi connectivity index (χ2v) is 3.95. The van der Waals surface area contributed by atoms with Gasteiger partial charge in [0.2, 0.25) is 0 Å². The van der Waals surface area contributed by atoms with Crippen LogP contribution in [0.4, 0.5) is 5.82 Å².